The number of aryl methyl sites for hydroxylation is 2. The standard InChI is InChI=1S/C19H22N2O2/c1-14-9-10-17(11-15(14)2)20-18(22)12-19(23)21(3)13-16-7-5-4-6-8-16/h4-11H,12-13H2,1-3H3,(H,20,22). The lowest BCUT2D eigenvalue weighted by Crippen LogP contribution is -2.30. The van der Waals surface area contributed by atoms with Crippen molar-refractivity contribution in [3.05, 3.63) is 65.2 Å². The zero-order valence-electron chi connectivity index (χ0n) is 13.8. The lowest BCUT2D eigenvalue weighted by atomic mass is 10.1. The van der Waals surface area contributed by atoms with Crippen LogP contribution in [0.3, 0.4) is 0 Å². The van der Waals surface area contributed by atoms with Gasteiger partial charge in [0, 0.05) is 19.3 Å². The molecule has 2 aromatic rings. The smallest absolute Gasteiger partial charge is 0.233 e. The molecule has 1 N–H and O–H groups in total. The number of carbonyl (C=O) groups excluding carboxylic acids is 2. The summed E-state index contributed by atoms with van der Waals surface area (Å²) in [4.78, 5) is 25.7. The minimum atomic E-state index is -0.293. The van der Waals surface area contributed by atoms with Crippen molar-refractivity contribution in [1.29, 1.82) is 0 Å². The summed E-state index contributed by atoms with van der Waals surface area (Å²) in [6.45, 7) is 4.50. The van der Waals surface area contributed by atoms with Gasteiger partial charge in [0.2, 0.25) is 11.8 Å². The molecule has 0 fully saturated rings. The van der Waals surface area contributed by atoms with Crippen LogP contribution >= 0.6 is 0 Å². The third-order valence-corrected chi connectivity index (χ3v) is 3.79. The van der Waals surface area contributed by atoms with Gasteiger partial charge in [-0.2, -0.15) is 0 Å². The number of anilines is 1. The zero-order chi connectivity index (χ0) is 16.8. The molecule has 0 saturated carbocycles. The van der Waals surface area contributed by atoms with Crippen molar-refractivity contribution in [3.8, 4) is 0 Å². The van der Waals surface area contributed by atoms with E-state index >= 15 is 0 Å². The Morgan fingerprint density at radius 3 is 2.35 bits per heavy atom. The number of benzene rings is 2. The molecule has 0 spiro atoms. The third kappa shape index (κ3) is 4.95. The summed E-state index contributed by atoms with van der Waals surface area (Å²) in [6.07, 6.45) is -0.156. The van der Waals surface area contributed by atoms with Crippen LogP contribution in [0.4, 0.5) is 5.69 Å². The van der Waals surface area contributed by atoms with Gasteiger partial charge in [-0.25, -0.2) is 0 Å². The lowest BCUT2D eigenvalue weighted by molar-refractivity contribution is -0.133. The summed E-state index contributed by atoms with van der Waals surface area (Å²) in [5.41, 5.74) is 4.03. The van der Waals surface area contributed by atoms with E-state index in [0.29, 0.717) is 6.54 Å². The van der Waals surface area contributed by atoms with E-state index in [0.717, 1.165) is 16.8 Å². The van der Waals surface area contributed by atoms with Gasteiger partial charge < -0.3 is 10.2 Å². The van der Waals surface area contributed by atoms with Crippen molar-refractivity contribution >= 4 is 17.5 Å². The normalized spacial score (nSPS) is 10.2. The molecule has 2 rings (SSSR count). The van der Waals surface area contributed by atoms with Crippen molar-refractivity contribution in [2.24, 2.45) is 0 Å². The predicted molar refractivity (Wildman–Crippen MR) is 92.1 cm³/mol. The number of amides is 2. The molecular weight excluding hydrogens is 288 g/mol. The van der Waals surface area contributed by atoms with Crippen molar-refractivity contribution in [2.75, 3.05) is 12.4 Å². The van der Waals surface area contributed by atoms with E-state index in [1.165, 1.54) is 5.56 Å². The summed E-state index contributed by atoms with van der Waals surface area (Å²) in [5.74, 6) is -0.492. The average molecular weight is 310 g/mol. The second kappa shape index (κ2) is 7.58. The first-order valence-corrected chi connectivity index (χ1v) is 7.60. The molecule has 0 radical (unpaired) electrons. The average Bonchev–Trinajstić information content (AvgIpc) is 2.51. The van der Waals surface area contributed by atoms with Crippen LogP contribution < -0.4 is 5.32 Å². The molecule has 0 saturated heterocycles. The number of rotatable bonds is 5. The zero-order valence-corrected chi connectivity index (χ0v) is 13.8. The van der Waals surface area contributed by atoms with E-state index in [2.05, 4.69) is 5.32 Å². The van der Waals surface area contributed by atoms with Crippen LogP contribution in [-0.2, 0) is 16.1 Å². The van der Waals surface area contributed by atoms with Crippen molar-refractivity contribution in [3.63, 3.8) is 0 Å². The quantitative estimate of drug-likeness (QED) is 0.862. The molecule has 120 valence electrons. The van der Waals surface area contributed by atoms with Gasteiger partial charge in [0.25, 0.3) is 0 Å². The highest BCUT2D eigenvalue weighted by atomic mass is 16.2. The third-order valence-electron chi connectivity index (χ3n) is 3.79. The Balaban J connectivity index is 1.88. The fourth-order valence-electron chi connectivity index (χ4n) is 2.24. The molecule has 0 bridgehead atoms. The molecule has 0 heterocycles. The van der Waals surface area contributed by atoms with Crippen LogP contribution in [0.5, 0.6) is 0 Å². The monoisotopic (exact) mass is 310 g/mol. The van der Waals surface area contributed by atoms with Gasteiger partial charge in [-0.3, -0.25) is 9.59 Å². The van der Waals surface area contributed by atoms with Crippen LogP contribution in [0.15, 0.2) is 48.5 Å². The summed E-state index contributed by atoms with van der Waals surface area (Å²) in [5, 5.41) is 2.77. The highest BCUT2D eigenvalue weighted by Crippen LogP contribution is 2.14. The molecule has 0 aliphatic carbocycles. The Hall–Kier alpha value is -2.62. The number of nitrogens with one attached hydrogen (secondary N) is 1. The summed E-state index contributed by atoms with van der Waals surface area (Å²) >= 11 is 0. The van der Waals surface area contributed by atoms with Crippen LogP contribution in [0.2, 0.25) is 0 Å². The van der Waals surface area contributed by atoms with Crippen molar-refractivity contribution in [2.45, 2.75) is 26.8 Å². The summed E-state index contributed by atoms with van der Waals surface area (Å²) < 4.78 is 0. The molecule has 0 aliphatic heterocycles. The Morgan fingerprint density at radius 2 is 1.70 bits per heavy atom. The Morgan fingerprint density at radius 1 is 1.00 bits per heavy atom. The van der Waals surface area contributed by atoms with Gasteiger partial charge in [0.15, 0.2) is 0 Å². The highest BCUT2D eigenvalue weighted by molar-refractivity contribution is 6.03. The molecule has 2 aromatic carbocycles. The molecule has 0 unspecified atom stereocenters. The first-order valence-electron chi connectivity index (χ1n) is 7.60. The molecular formula is C19H22N2O2. The van der Waals surface area contributed by atoms with Crippen LogP contribution in [0, 0.1) is 13.8 Å². The number of hydrogen-bond acceptors (Lipinski definition) is 2. The van der Waals surface area contributed by atoms with Crippen molar-refractivity contribution < 1.29 is 9.59 Å². The van der Waals surface area contributed by atoms with E-state index in [1.54, 1.807) is 11.9 Å². The molecule has 23 heavy (non-hydrogen) atoms. The van der Waals surface area contributed by atoms with Gasteiger partial charge in [-0.15, -0.1) is 0 Å². The fourth-order valence-corrected chi connectivity index (χ4v) is 2.24. The van der Waals surface area contributed by atoms with Gasteiger partial charge in [0.1, 0.15) is 6.42 Å². The van der Waals surface area contributed by atoms with Gasteiger partial charge >= 0.3 is 0 Å². The Labute approximate surface area is 137 Å². The van der Waals surface area contributed by atoms with E-state index in [9.17, 15) is 9.59 Å². The summed E-state index contributed by atoms with van der Waals surface area (Å²) in [6, 6.07) is 15.4. The first kappa shape index (κ1) is 16.7. The maximum atomic E-state index is 12.1. The van der Waals surface area contributed by atoms with E-state index in [1.807, 2.05) is 62.4 Å². The maximum absolute atomic E-state index is 12.1. The molecule has 4 nitrogen and oxygen atoms in total. The lowest BCUT2D eigenvalue weighted by Gasteiger charge is -2.17. The molecule has 2 amide bonds. The SMILES string of the molecule is Cc1ccc(NC(=O)CC(=O)N(C)Cc2ccccc2)cc1C. The van der Waals surface area contributed by atoms with Crippen LogP contribution in [0.1, 0.15) is 23.1 Å². The topological polar surface area (TPSA) is 49.4 Å². The van der Waals surface area contributed by atoms with E-state index in [4.69, 9.17) is 0 Å². The Kier molecular flexibility index (Phi) is 5.52. The van der Waals surface area contributed by atoms with E-state index < -0.39 is 0 Å². The predicted octanol–water partition coefficient (Wildman–Crippen LogP) is 3.29. The van der Waals surface area contributed by atoms with Gasteiger partial charge in [0.05, 0.1) is 0 Å². The van der Waals surface area contributed by atoms with Crippen LogP contribution in [-0.4, -0.2) is 23.8 Å². The highest BCUT2D eigenvalue weighted by Gasteiger charge is 2.14. The Bertz CT molecular complexity index is 696. The van der Waals surface area contributed by atoms with E-state index in [-0.39, 0.29) is 18.2 Å². The second-order valence-electron chi connectivity index (χ2n) is 5.76. The van der Waals surface area contributed by atoms with Crippen molar-refractivity contribution in [1.82, 2.24) is 4.90 Å². The minimum Gasteiger partial charge on any atom is -0.341 e. The molecule has 0 atom stereocenters. The molecule has 0 aliphatic rings. The molecule has 4 heteroatoms. The van der Waals surface area contributed by atoms with Gasteiger partial charge in [-0.1, -0.05) is 36.4 Å². The maximum Gasteiger partial charge on any atom is 0.233 e. The first-order chi connectivity index (χ1) is 11.0. The number of nitrogens with zero attached hydrogens (tertiary/aromatic N) is 1. The fraction of sp³-hybridized carbons (Fsp3) is 0.263. The van der Waals surface area contributed by atoms with Gasteiger partial charge in [-0.05, 0) is 42.7 Å². The number of hydrogen-bond donors (Lipinski definition) is 1. The minimum absolute atomic E-state index is 0.156. The number of carbonyl (C=O) groups is 2. The summed E-state index contributed by atoms with van der Waals surface area (Å²) in [7, 11) is 1.71. The largest absolute Gasteiger partial charge is 0.341 e. The molecule has 0 aromatic heterocycles. The van der Waals surface area contributed by atoms with Crippen LogP contribution in [0.25, 0.3) is 0 Å². The second-order valence-corrected chi connectivity index (χ2v) is 5.76.